The van der Waals surface area contributed by atoms with Crippen LogP contribution in [0.25, 0.3) is 27.5 Å². The summed E-state index contributed by atoms with van der Waals surface area (Å²) in [6.45, 7) is -0.175. The number of fused-ring (bicyclic) bond motifs is 7. The first-order valence-corrected chi connectivity index (χ1v) is 16.1. The molecule has 7 aromatic carbocycles. The fourth-order valence-corrected chi connectivity index (χ4v) is 8.02. The molecule has 0 saturated heterocycles. The highest BCUT2D eigenvalue weighted by Gasteiger charge is 2.43. The SMILES string of the molecule is Fc1cccc(F)c1N1c2ccc(N(c3ccccc3)c3ccccc3)cc2B2c3c1cccc3-n1c3ccccc3c3cccc2c31. The van der Waals surface area contributed by atoms with Crippen molar-refractivity contribution in [2.45, 2.75) is 0 Å². The van der Waals surface area contributed by atoms with Gasteiger partial charge in [-0.15, -0.1) is 0 Å². The molecule has 0 N–H and O–H groups in total. The summed E-state index contributed by atoms with van der Waals surface area (Å²) in [6, 6.07) is 52.1. The summed E-state index contributed by atoms with van der Waals surface area (Å²) >= 11 is 0. The molecule has 0 amide bonds. The molecule has 0 unspecified atom stereocenters. The van der Waals surface area contributed by atoms with Gasteiger partial charge in [0.1, 0.15) is 17.3 Å². The maximum Gasteiger partial charge on any atom is 0.252 e. The van der Waals surface area contributed by atoms with Crippen molar-refractivity contribution in [1.82, 2.24) is 4.57 Å². The summed E-state index contributed by atoms with van der Waals surface area (Å²) in [5.74, 6) is -1.22. The average molecular weight is 621 g/mol. The fourth-order valence-electron chi connectivity index (χ4n) is 8.02. The molecule has 0 radical (unpaired) electrons. The molecule has 6 heteroatoms. The van der Waals surface area contributed by atoms with E-state index < -0.39 is 11.6 Å². The predicted octanol–water partition coefficient (Wildman–Crippen LogP) is 9.14. The van der Waals surface area contributed by atoms with Crippen molar-refractivity contribution in [3.63, 3.8) is 0 Å². The lowest BCUT2D eigenvalue weighted by Crippen LogP contribution is -2.60. The summed E-state index contributed by atoms with van der Waals surface area (Å²) in [7, 11) is 0. The number of benzene rings is 7. The smallest absolute Gasteiger partial charge is 0.252 e. The Morgan fingerprint density at radius 1 is 0.479 bits per heavy atom. The van der Waals surface area contributed by atoms with Gasteiger partial charge in [-0.2, -0.15) is 0 Å². The Morgan fingerprint density at radius 3 is 1.85 bits per heavy atom. The number of hydrogen-bond donors (Lipinski definition) is 0. The van der Waals surface area contributed by atoms with Gasteiger partial charge in [0.2, 0.25) is 0 Å². The van der Waals surface area contributed by atoms with Crippen LogP contribution in [0.5, 0.6) is 0 Å². The van der Waals surface area contributed by atoms with Crippen LogP contribution >= 0.6 is 0 Å². The Kier molecular flexibility index (Phi) is 5.73. The summed E-state index contributed by atoms with van der Waals surface area (Å²) in [5, 5.41) is 2.37. The lowest BCUT2D eigenvalue weighted by Gasteiger charge is -2.41. The van der Waals surface area contributed by atoms with Gasteiger partial charge >= 0.3 is 0 Å². The maximum absolute atomic E-state index is 15.9. The quantitative estimate of drug-likeness (QED) is 0.182. The van der Waals surface area contributed by atoms with Gasteiger partial charge < -0.3 is 14.4 Å². The lowest BCUT2D eigenvalue weighted by molar-refractivity contribution is 0.586. The minimum Gasteiger partial charge on any atom is -0.311 e. The van der Waals surface area contributed by atoms with Crippen molar-refractivity contribution >= 4 is 79.0 Å². The first kappa shape index (κ1) is 27.0. The van der Waals surface area contributed by atoms with Gasteiger partial charge in [0.05, 0.1) is 5.52 Å². The van der Waals surface area contributed by atoms with Crippen molar-refractivity contribution in [3.8, 4) is 5.69 Å². The highest BCUT2D eigenvalue weighted by Crippen LogP contribution is 2.44. The summed E-state index contributed by atoms with van der Waals surface area (Å²) in [4.78, 5) is 4.02. The number of para-hydroxylation sites is 5. The number of nitrogens with zero attached hydrogens (tertiary/aromatic N) is 3. The van der Waals surface area contributed by atoms with E-state index in [9.17, 15) is 0 Å². The molecule has 0 aliphatic carbocycles. The Hall–Kier alpha value is -6.14. The van der Waals surface area contributed by atoms with Crippen LogP contribution in [0.4, 0.5) is 42.9 Å². The summed E-state index contributed by atoms with van der Waals surface area (Å²) in [5.41, 5.74) is 10.9. The molecule has 2 aliphatic rings. The van der Waals surface area contributed by atoms with Gasteiger partial charge in [0.15, 0.2) is 0 Å². The molecule has 48 heavy (non-hydrogen) atoms. The number of halogens is 2. The highest BCUT2D eigenvalue weighted by atomic mass is 19.1. The van der Waals surface area contributed by atoms with Gasteiger partial charge in [0.25, 0.3) is 6.71 Å². The predicted molar refractivity (Wildman–Crippen MR) is 195 cm³/mol. The van der Waals surface area contributed by atoms with Gasteiger partial charge in [-0.25, -0.2) is 8.78 Å². The monoisotopic (exact) mass is 621 g/mol. The van der Waals surface area contributed by atoms with Gasteiger partial charge in [-0.3, -0.25) is 0 Å². The number of aromatic nitrogens is 1. The van der Waals surface area contributed by atoms with Crippen LogP contribution in [0.2, 0.25) is 0 Å². The van der Waals surface area contributed by atoms with Crippen LogP contribution in [0.3, 0.4) is 0 Å². The molecule has 226 valence electrons. The normalized spacial score (nSPS) is 12.7. The first-order chi connectivity index (χ1) is 23.7. The third-order valence-corrected chi connectivity index (χ3v) is 9.88. The molecule has 0 saturated carbocycles. The van der Waals surface area contributed by atoms with Crippen molar-refractivity contribution in [3.05, 3.63) is 169 Å². The lowest BCUT2D eigenvalue weighted by atomic mass is 9.33. The number of anilines is 6. The Bertz CT molecular complexity index is 2500. The summed E-state index contributed by atoms with van der Waals surface area (Å²) in [6.07, 6.45) is 0. The van der Waals surface area contributed by atoms with Crippen LogP contribution < -0.4 is 26.2 Å². The molecule has 0 spiro atoms. The molecule has 0 bridgehead atoms. The molecular formula is C42H26BF2N3. The van der Waals surface area contributed by atoms with Crippen LogP contribution in [0.1, 0.15) is 0 Å². The maximum atomic E-state index is 15.9. The molecule has 10 rings (SSSR count). The molecular weight excluding hydrogens is 595 g/mol. The first-order valence-electron chi connectivity index (χ1n) is 16.1. The van der Waals surface area contributed by atoms with Gasteiger partial charge in [-0.1, -0.05) is 84.9 Å². The Morgan fingerprint density at radius 2 is 1.10 bits per heavy atom. The topological polar surface area (TPSA) is 11.4 Å². The van der Waals surface area contributed by atoms with Crippen molar-refractivity contribution in [1.29, 1.82) is 0 Å². The van der Waals surface area contributed by atoms with E-state index in [0.717, 1.165) is 50.6 Å². The Labute approximate surface area is 276 Å². The highest BCUT2D eigenvalue weighted by molar-refractivity contribution is 7.00. The van der Waals surface area contributed by atoms with E-state index >= 15 is 8.78 Å². The Balaban J connectivity index is 1.32. The van der Waals surface area contributed by atoms with E-state index in [2.05, 4.69) is 94.4 Å². The molecule has 2 aliphatic heterocycles. The minimum atomic E-state index is -0.610. The standard InChI is InChI=1S/C42H26BF2N3/c44-34-19-10-20-35(45)42(34)48-37-25-24-29(46(27-12-3-1-4-13-27)28-14-5-2-6-15-28)26-33(37)43-32-18-9-17-31-30-16-7-8-21-36(30)47(41(31)32)38-22-11-23-39(48)40(38)43/h1-26H. The van der Waals surface area contributed by atoms with Crippen molar-refractivity contribution < 1.29 is 8.78 Å². The van der Waals surface area contributed by atoms with Crippen molar-refractivity contribution in [2.75, 3.05) is 9.80 Å². The second kappa shape index (κ2) is 10.2. The molecule has 8 aromatic rings. The van der Waals surface area contributed by atoms with E-state index in [1.54, 1.807) is 4.90 Å². The van der Waals surface area contributed by atoms with Crippen LogP contribution in [0.15, 0.2) is 158 Å². The summed E-state index contributed by atoms with van der Waals surface area (Å²) < 4.78 is 34.0. The number of hydrogen-bond acceptors (Lipinski definition) is 2. The molecule has 0 atom stereocenters. The largest absolute Gasteiger partial charge is 0.311 e. The molecule has 3 heterocycles. The molecule has 0 fully saturated rings. The fraction of sp³-hybridized carbons (Fsp3) is 0. The van der Waals surface area contributed by atoms with Crippen molar-refractivity contribution in [2.24, 2.45) is 0 Å². The van der Waals surface area contributed by atoms with Crippen LogP contribution in [0, 0.1) is 11.6 Å². The third kappa shape index (κ3) is 3.68. The van der Waals surface area contributed by atoms with E-state index in [1.807, 2.05) is 54.6 Å². The second-order valence-electron chi connectivity index (χ2n) is 12.4. The van der Waals surface area contributed by atoms with Gasteiger partial charge in [-0.05, 0) is 89.2 Å². The van der Waals surface area contributed by atoms with Crippen LogP contribution in [-0.4, -0.2) is 11.3 Å². The molecule has 1 aromatic heterocycles. The van der Waals surface area contributed by atoms with E-state index in [1.165, 1.54) is 40.0 Å². The van der Waals surface area contributed by atoms with Crippen LogP contribution in [-0.2, 0) is 0 Å². The van der Waals surface area contributed by atoms with Gasteiger partial charge in [0, 0.05) is 50.4 Å². The number of rotatable bonds is 4. The molecule has 3 nitrogen and oxygen atoms in total. The zero-order valence-corrected chi connectivity index (χ0v) is 25.7. The average Bonchev–Trinajstić information content (AvgIpc) is 3.47. The minimum absolute atomic E-state index is 0.0808. The van der Waals surface area contributed by atoms with E-state index in [-0.39, 0.29) is 12.4 Å². The second-order valence-corrected chi connectivity index (χ2v) is 12.4. The van der Waals surface area contributed by atoms with E-state index in [0.29, 0.717) is 0 Å². The third-order valence-electron chi connectivity index (χ3n) is 9.88. The zero-order chi connectivity index (χ0) is 31.9. The zero-order valence-electron chi connectivity index (χ0n) is 25.7. The van der Waals surface area contributed by atoms with E-state index in [4.69, 9.17) is 0 Å².